The second kappa shape index (κ2) is 3.55. The van der Waals surface area contributed by atoms with Crippen molar-refractivity contribution < 1.29 is 31.9 Å². The monoisotopic (exact) mass is 218 g/mol. The van der Waals surface area contributed by atoms with Crippen LogP contribution in [0.25, 0.3) is 0 Å². The predicted molar refractivity (Wildman–Crippen MR) is 36.9 cm³/mol. The highest BCUT2D eigenvalue weighted by molar-refractivity contribution is 5.86. The third-order valence-corrected chi connectivity index (χ3v) is 1.72. The topological polar surface area (TPSA) is 37.3 Å². The molecule has 0 amide bonds. The maximum absolute atomic E-state index is 12.5. The van der Waals surface area contributed by atoms with Crippen molar-refractivity contribution in [3.63, 3.8) is 0 Å². The summed E-state index contributed by atoms with van der Waals surface area (Å²) in [5, 5.41) is 8.18. The predicted octanol–water partition coefficient (Wildman–Crippen LogP) is 2.46. The molecule has 0 aliphatic heterocycles. The molecule has 0 aliphatic rings. The Morgan fingerprint density at radius 3 is 1.86 bits per heavy atom. The van der Waals surface area contributed by atoms with E-state index in [9.17, 15) is 26.7 Å². The number of aliphatic carboxylic acids is 1. The van der Waals surface area contributed by atoms with Gasteiger partial charge in [0.2, 0.25) is 0 Å². The summed E-state index contributed by atoms with van der Waals surface area (Å²) in [6, 6.07) is 0. The summed E-state index contributed by atoms with van der Waals surface area (Å²) in [5.74, 6) is -9.44. The molecule has 0 heterocycles. The van der Waals surface area contributed by atoms with Crippen molar-refractivity contribution in [2.45, 2.75) is 19.0 Å². The first-order valence-corrected chi connectivity index (χ1v) is 3.38. The average Bonchev–Trinajstić information content (AvgIpc) is 1.99. The van der Waals surface area contributed by atoms with Gasteiger partial charge in [-0.2, -0.15) is 22.0 Å². The minimum atomic E-state index is -5.77. The van der Waals surface area contributed by atoms with Gasteiger partial charge < -0.3 is 5.11 Å². The van der Waals surface area contributed by atoms with Crippen LogP contribution in [-0.4, -0.2) is 23.2 Å². The van der Waals surface area contributed by atoms with E-state index in [1.165, 1.54) is 0 Å². The number of carbonyl (C=O) groups is 1. The van der Waals surface area contributed by atoms with Crippen molar-refractivity contribution in [2.24, 2.45) is 5.92 Å². The minimum absolute atomic E-state index is 0.462. The molecule has 0 aromatic rings. The molecule has 1 N–H and O–H groups in total. The molecule has 0 aromatic carbocycles. The summed E-state index contributed by atoms with van der Waals surface area (Å²) < 4.78 is 60.1. The van der Waals surface area contributed by atoms with E-state index >= 15 is 0 Å². The second-order valence-electron chi connectivity index (χ2n) is 2.67. The van der Waals surface area contributed by atoms with Crippen LogP contribution in [0.15, 0.2) is 12.2 Å². The molecule has 1 unspecified atom stereocenters. The quantitative estimate of drug-likeness (QED) is 0.583. The van der Waals surface area contributed by atoms with E-state index in [1.807, 2.05) is 0 Å². The molecule has 0 rings (SSSR count). The Morgan fingerprint density at radius 2 is 1.64 bits per heavy atom. The lowest BCUT2D eigenvalue weighted by Crippen LogP contribution is -2.43. The normalized spacial score (nSPS) is 15.0. The third-order valence-electron chi connectivity index (χ3n) is 1.72. The Hall–Kier alpha value is -1.14. The van der Waals surface area contributed by atoms with E-state index < -0.39 is 29.6 Å². The van der Waals surface area contributed by atoms with Gasteiger partial charge in [-0.15, -0.1) is 0 Å². The lowest BCUT2D eigenvalue weighted by atomic mass is 9.95. The van der Waals surface area contributed by atoms with Crippen LogP contribution in [0.2, 0.25) is 0 Å². The van der Waals surface area contributed by atoms with Crippen LogP contribution < -0.4 is 0 Å². The van der Waals surface area contributed by atoms with Gasteiger partial charge in [0.05, 0.1) is 5.92 Å². The first-order chi connectivity index (χ1) is 6.01. The van der Waals surface area contributed by atoms with Crippen molar-refractivity contribution in [3.05, 3.63) is 12.2 Å². The Bertz CT molecular complexity index is 255. The van der Waals surface area contributed by atoms with Crippen molar-refractivity contribution in [3.8, 4) is 0 Å². The standard InChI is InChI=1S/C7H7F5O2/c1-3(5(13)14)4(2)6(8,9)7(10,11)12/h4H,1H2,2H3,(H,13,14). The SMILES string of the molecule is C=C(C(=O)O)C(C)C(F)(F)C(F)(F)F. The fourth-order valence-corrected chi connectivity index (χ4v) is 0.650. The minimum Gasteiger partial charge on any atom is -0.478 e. The van der Waals surface area contributed by atoms with Crippen LogP contribution in [0.4, 0.5) is 22.0 Å². The van der Waals surface area contributed by atoms with E-state index in [1.54, 1.807) is 0 Å². The number of carboxylic acid groups (broad SMARTS) is 1. The lowest BCUT2D eigenvalue weighted by molar-refractivity contribution is -0.295. The van der Waals surface area contributed by atoms with Crippen LogP contribution in [0.3, 0.4) is 0 Å². The number of alkyl halides is 5. The summed E-state index contributed by atoms with van der Waals surface area (Å²) in [5.41, 5.74) is -1.17. The van der Waals surface area contributed by atoms with Gasteiger partial charge in [0.25, 0.3) is 0 Å². The Morgan fingerprint density at radius 1 is 1.29 bits per heavy atom. The van der Waals surface area contributed by atoms with E-state index in [0.29, 0.717) is 6.92 Å². The Balaban J connectivity index is 4.94. The van der Waals surface area contributed by atoms with E-state index in [2.05, 4.69) is 6.58 Å². The number of hydrogen-bond acceptors (Lipinski definition) is 1. The lowest BCUT2D eigenvalue weighted by Gasteiger charge is -2.25. The summed E-state index contributed by atoms with van der Waals surface area (Å²) in [4.78, 5) is 10.1. The van der Waals surface area contributed by atoms with Gasteiger partial charge in [-0.25, -0.2) is 4.79 Å². The first kappa shape index (κ1) is 12.9. The van der Waals surface area contributed by atoms with E-state index in [4.69, 9.17) is 5.11 Å². The highest BCUT2D eigenvalue weighted by Crippen LogP contribution is 2.43. The van der Waals surface area contributed by atoms with Gasteiger partial charge in [0.1, 0.15) is 0 Å². The summed E-state index contributed by atoms with van der Waals surface area (Å²) in [6.07, 6.45) is -5.77. The molecule has 2 nitrogen and oxygen atoms in total. The fraction of sp³-hybridized carbons (Fsp3) is 0.571. The molecule has 0 bridgehead atoms. The van der Waals surface area contributed by atoms with Gasteiger partial charge in [-0.3, -0.25) is 0 Å². The first-order valence-electron chi connectivity index (χ1n) is 3.38. The number of rotatable bonds is 3. The molecule has 0 radical (unpaired) electrons. The maximum atomic E-state index is 12.5. The van der Waals surface area contributed by atoms with Crippen LogP contribution >= 0.6 is 0 Å². The maximum Gasteiger partial charge on any atom is 0.453 e. The van der Waals surface area contributed by atoms with E-state index in [-0.39, 0.29) is 0 Å². The fourth-order valence-electron chi connectivity index (χ4n) is 0.650. The van der Waals surface area contributed by atoms with Crippen LogP contribution in [0, 0.1) is 5.92 Å². The van der Waals surface area contributed by atoms with Crippen LogP contribution in [0.5, 0.6) is 0 Å². The summed E-state index contributed by atoms with van der Waals surface area (Å²) in [7, 11) is 0. The summed E-state index contributed by atoms with van der Waals surface area (Å²) in [6.45, 7) is 3.12. The molecule has 1 atom stereocenters. The Labute approximate surface area is 76.0 Å². The molecular weight excluding hydrogens is 211 g/mol. The molecule has 0 aliphatic carbocycles. The van der Waals surface area contributed by atoms with E-state index in [0.717, 1.165) is 0 Å². The zero-order valence-corrected chi connectivity index (χ0v) is 7.03. The molecule has 0 fully saturated rings. The largest absolute Gasteiger partial charge is 0.478 e. The molecule has 14 heavy (non-hydrogen) atoms. The molecule has 0 saturated carbocycles. The summed E-state index contributed by atoms with van der Waals surface area (Å²) >= 11 is 0. The number of halogens is 5. The molecule has 0 saturated heterocycles. The van der Waals surface area contributed by atoms with Crippen LogP contribution in [0.1, 0.15) is 6.92 Å². The van der Waals surface area contributed by atoms with Crippen LogP contribution in [-0.2, 0) is 4.79 Å². The highest BCUT2D eigenvalue weighted by Gasteiger charge is 2.61. The molecular formula is C7H7F5O2. The number of hydrogen-bond donors (Lipinski definition) is 1. The van der Waals surface area contributed by atoms with Crippen molar-refractivity contribution in [1.29, 1.82) is 0 Å². The van der Waals surface area contributed by atoms with Gasteiger partial charge in [0.15, 0.2) is 0 Å². The number of carboxylic acids is 1. The third kappa shape index (κ3) is 2.21. The zero-order chi connectivity index (χ0) is 11.7. The Kier molecular flexibility index (Phi) is 3.26. The average molecular weight is 218 g/mol. The van der Waals surface area contributed by atoms with Gasteiger partial charge in [-0.1, -0.05) is 13.5 Å². The van der Waals surface area contributed by atoms with Gasteiger partial charge in [0, 0.05) is 5.57 Å². The zero-order valence-electron chi connectivity index (χ0n) is 7.03. The molecule has 82 valence electrons. The van der Waals surface area contributed by atoms with Gasteiger partial charge >= 0.3 is 18.1 Å². The van der Waals surface area contributed by atoms with Crippen molar-refractivity contribution in [1.82, 2.24) is 0 Å². The molecule has 0 spiro atoms. The molecule has 0 aromatic heterocycles. The van der Waals surface area contributed by atoms with Crippen molar-refractivity contribution >= 4 is 5.97 Å². The molecule has 7 heteroatoms. The van der Waals surface area contributed by atoms with Crippen molar-refractivity contribution in [2.75, 3.05) is 0 Å². The highest BCUT2D eigenvalue weighted by atomic mass is 19.4. The smallest absolute Gasteiger partial charge is 0.453 e. The second-order valence-corrected chi connectivity index (χ2v) is 2.67. The van der Waals surface area contributed by atoms with Gasteiger partial charge in [-0.05, 0) is 0 Å².